The Bertz CT molecular complexity index is 309. The third-order valence-corrected chi connectivity index (χ3v) is 3.48. The highest BCUT2D eigenvalue weighted by atomic mass is 19.4. The lowest BCUT2D eigenvalue weighted by atomic mass is 9.98. The number of carbonyl (C=O) groups is 1. The lowest BCUT2D eigenvalue weighted by Gasteiger charge is -2.25. The van der Waals surface area contributed by atoms with E-state index in [0.717, 1.165) is 0 Å². The second-order valence-corrected chi connectivity index (χ2v) is 4.78. The predicted octanol–water partition coefficient (Wildman–Crippen LogP) is 2.03. The van der Waals surface area contributed by atoms with Crippen LogP contribution in [0.2, 0.25) is 0 Å². The summed E-state index contributed by atoms with van der Waals surface area (Å²) in [4.78, 5) is 11.7. The summed E-state index contributed by atoms with van der Waals surface area (Å²) in [5, 5.41) is 2.94. The smallest absolute Gasteiger partial charge is 0.389 e. The molecular weight excluding hydrogens is 263 g/mol. The van der Waals surface area contributed by atoms with Crippen LogP contribution in [0.4, 0.5) is 13.2 Å². The van der Waals surface area contributed by atoms with Crippen LogP contribution >= 0.6 is 0 Å². The molecule has 0 amide bonds. The van der Waals surface area contributed by atoms with Crippen molar-refractivity contribution in [2.45, 2.75) is 49.9 Å². The van der Waals surface area contributed by atoms with Crippen LogP contribution in [0.1, 0.15) is 32.1 Å². The van der Waals surface area contributed by atoms with Crippen LogP contribution in [0.5, 0.6) is 0 Å². The summed E-state index contributed by atoms with van der Waals surface area (Å²) in [6.45, 7) is 0.0607. The fourth-order valence-corrected chi connectivity index (χ4v) is 2.37. The van der Waals surface area contributed by atoms with E-state index in [0.29, 0.717) is 19.3 Å². The fraction of sp³-hybridized carbons (Fsp3) is 0.917. The number of halogens is 3. The summed E-state index contributed by atoms with van der Waals surface area (Å²) in [7, 11) is 2.99. The van der Waals surface area contributed by atoms with Gasteiger partial charge < -0.3 is 14.8 Å². The van der Waals surface area contributed by atoms with Gasteiger partial charge in [0.2, 0.25) is 0 Å². The highest BCUT2D eigenvalue weighted by molar-refractivity contribution is 5.81. The molecule has 2 unspecified atom stereocenters. The number of carbonyl (C=O) groups excluding carboxylic acids is 1. The molecule has 0 aromatic rings. The molecule has 0 bridgehead atoms. The van der Waals surface area contributed by atoms with Crippen molar-refractivity contribution in [3.05, 3.63) is 0 Å². The number of hydrogen-bond acceptors (Lipinski definition) is 4. The zero-order chi connectivity index (χ0) is 14.5. The number of rotatable bonds is 6. The molecule has 0 radical (unpaired) electrons. The monoisotopic (exact) mass is 283 g/mol. The second-order valence-electron chi connectivity index (χ2n) is 4.78. The molecule has 2 atom stereocenters. The summed E-state index contributed by atoms with van der Waals surface area (Å²) in [5.74, 6) is -0.351. The summed E-state index contributed by atoms with van der Waals surface area (Å²) < 4.78 is 46.0. The number of ether oxygens (including phenoxy) is 2. The Kier molecular flexibility index (Phi) is 5.61. The Morgan fingerprint density at radius 3 is 2.68 bits per heavy atom. The second kappa shape index (κ2) is 6.56. The molecule has 0 aromatic heterocycles. The average Bonchev–Trinajstić information content (AvgIpc) is 2.77. The number of alkyl halides is 3. The van der Waals surface area contributed by atoms with Gasteiger partial charge in [-0.3, -0.25) is 4.79 Å². The molecule has 112 valence electrons. The van der Waals surface area contributed by atoms with Gasteiger partial charge in [-0.05, 0) is 26.3 Å². The van der Waals surface area contributed by atoms with Crippen LogP contribution in [-0.2, 0) is 14.3 Å². The summed E-state index contributed by atoms with van der Waals surface area (Å²) in [6, 6.07) is 0. The fourth-order valence-electron chi connectivity index (χ4n) is 2.37. The van der Waals surface area contributed by atoms with E-state index < -0.39 is 18.1 Å². The Hall–Kier alpha value is -0.820. The van der Waals surface area contributed by atoms with Crippen molar-refractivity contribution in [3.8, 4) is 0 Å². The van der Waals surface area contributed by atoms with Gasteiger partial charge in [-0.25, -0.2) is 0 Å². The first-order valence-electron chi connectivity index (χ1n) is 6.28. The van der Waals surface area contributed by atoms with Gasteiger partial charge in [-0.1, -0.05) is 0 Å². The minimum atomic E-state index is -4.14. The van der Waals surface area contributed by atoms with Crippen molar-refractivity contribution >= 4 is 5.97 Å². The van der Waals surface area contributed by atoms with Gasteiger partial charge in [-0.2, -0.15) is 13.2 Å². The van der Waals surface area contributed by atoms with Crippen LogP contribution in [0, 0.1) is 0 Å². The largest absolute Gasteiger partial charge is 0.468 e. The number of hydrogen-bond donors (Lipinski definition) is 1. The molecular formula is C12H20F3NO3. The Morgan fingerprint density at radius 1 is 1.47 bits per heavy atom. The van der Waals surface area contributed by atoms with E-state index in [-0.39, 0.29) is 25.1 Å². The molecule has 1 fully saturated rings. The van der Waals surface area contributed by atoms with E-state index in [1.165, 1.54) is 7.11 Å². The molecule has 4 nitrogen and oxygen atoms in total. The summed E-state index contributed by atoms with van der Waals surface area (Å²) in [6.07, 6.45) is -3.58. The zero-order valence-corrected chi connectivity index (χ0v) is 11.2. The van der Waals surface area contributed by atoms with Gasteiger partial charge in [0, 0.05) is 19.4 Å². The van der Waals surface area contributed by atoms with Crippen LogP contribution in [0.25, 0.3) is 0 Å². The number of likely N-dealkylation sites (N-methyl/N-ethyl adjacent to an activating group) is 1. The van der Waals surface area contributed by atoms with Crippen molar-refractivity contribution in [3.63, 3.8) is 0 Å². The molecule has 0 heterocycles. The van der Waals surface area contributed by atoms with Crippen molar-refractivity contribution in [2.24, 2.45) is 0 Å². The molecule has 0 spiro atoms. The van der Waals surface area contributed by atoms with E-state index in [1.54, 1.807) is 7.05 Å². The molecule has 0 saturated heterocycles. The van der Waals surface area contributed by atoms with E-state index in [2.05, 4.69) is 5.32 Å². The van der Waals surface area contributed by atoms with Crippen molar-refractivity contribution in [1.29, 1.82) is 0 Å². The minimum Gasteiger partial charge on any atom is -0.468 e. The molecule has 1 rings (SSSR count). The molecule has 1 saturated carbocycles. The quantitative estimate of drug-likeness (QED) is 0.598. The molecule has 19 heavy (non-hydrogen) atoms. The van der Waals surface area contributed by atoms with Gasteiger partial charge >= 0.3 is 12.1 Å². The number of esters is 1. The molecule has 1 aliphatic rings. The maximum absolute atomic E-state index is 12.0. The standard InChI is InChI=1S/C12H20F3NO3/c1-16-11(10(17)18-2)6-4-9(8-11)19-7-3-5-12(13,14)15/h9,16H,3-8H2,1-2H3. The molecule has 1 aliphatic carbocycles. The van der Waals surface area contributed by atoms with Crippen LogP contribution in [0.3, 0.4) is 0 Å². The first-order chi connectivity index (χ1) is 8.83. The van der Waals surface area contributed by atoms with Crippen molar-refractivity contribution < 1.29 is 27.4 Å². The zero-order valence-electron chi connectivity index (χ0n) is 11.2. The Balaban J connectivity index is 2.33. The highest BCUT2D eigenvalue weighted by Gasteiger charge is 2.45. The maximum Gasteiger partial charge on any atom is 0.389 e. The highest BCUT2D eigenvalue weighted by Crippen LogP contribution is 2.33. The third-order valence-electron chi connectivity index (χ3n) is 3.48. The molecule has 1 N–H and O–H groups in total. The molecule has 0 aliphatic heterocycles. The van der Waals surface area contributed by atoms with E-state index >= 15 is 0 Å². The van der Waals surface area contributed by atoms with Gasteiger partial charge in [-0.15, -0.1) is 0 Å². The first kappa shape index (κ1) is 16.2. The molecule has 0 aromatic carbocycles. The van der Waals surface area contributed by atoms with Crippen LogP contribution < -0.4 is 5.32 Å². The van der Waals surface area contributed by atoms with Gasteiger partial charge in [0.1, 0.15) is 5.54 Å². The van der Waals surface area contributed by atoms with Crippen molar-refractivity contribution in [2.75, 3.05) is 20.8 Å². The van der Waals surface area contributed by atoms with Crippen LogP contribution in [-0.4, -0.2) is 44.6 Å². The third kappa shape index (κ3) is 4.65. The van der Waals surface area contributed by atoms with Crippen LogP contribution in [0.15, 0.2) is 0 Å². The molecule has 7 heteroatoms. The Morgan fingerprint density at radius 2 is 2.16 bits per heavy atom. The first-order valence-corrected chi connectivity index (χ1v) is 6.28. The predicted molar refractivity (Wildman–Crippen MR) is 62.7 cm³/mol. The van der Waals surface area contributed by atoms with Gasteiger partial charge in [0.25, 0.3) is 0 Å². The van der Waals surface area contributed by atoms with Gasteiger partial charge in [0.15, 0.2) is 0 Å². The average molecular weight is 283 g/mol. The maximum atomic E-state index is 12.0. The van der Waals surface area contributed by atoms with Gasteiger partial charge in [0.05, 0.1) is 13.2 Å². The summed E-state index contributed by atoms with van der Waals surface area (Å²) >= 11 is 0. The van der Waals surface area contributed by atoms with E-state index in [9.17, 15) is 18.0 Å². The lowest BCUT2D eigenvalue weighted by molar-refractivity contribution is -0.148. The number of nitrogens with one attached hydrogen (secondary N) is 1. The normalized spacial score (nSPS) is 27.5. The SMILES string of the molecule is CNC1(C(=O)OC)CCC(OCCCC(F)(F)F)C1. The summed E-state index contributed by atoms with van der Waals surface area (Å²) in [5.41, 5.74) is -0.760. The minimum absolute atomic E-state index is 0.0508. The lowest BCUT2D eigenvalue weighted by Crippen LogP contribution is -2.49. The topological polar surface area (TPSA) is 47.6 Å². The van der Waals surface area contributed by atoms with E-state index in [1.807, 2.05) is 0 Å². The van der Waals surface area contributed by atoms with E-state index in [4.69, 9.17) is 9.47 Å². The Labute approximate surface area is 110 Å². The van der Waals surface area contributed by atoms with Crippen molar-refractivity contribution in [1.82, 2.24) is 5.32 Å². The number of methoxy groups -OCH3 is 1.